The average Bonchev–Trinajstić information content (AvgIpc) is 2.31. The quantitative estimate of drug-likeness (QED) is 0.835. The molecule has 1 heterocycles. The summed E-state index contributed by atoms with van der Waals surface area (Å²) in [6.07, 6.45) is 2.65. The summed E-state index contributed by atoms with van der Waals surface area (Å²) in [5.41, 5.74) is 0. The molecule has 0 aromatic heterocycles. The lowest BCUT2D eigenvalue weighted by atomic mass is 10.1. The molecule has 0 N–H and O–H groups in total. The van der Waals surface area contributed by atoms with E-state index in [1.807, 2.05) is 24.3 Å². The maximum Gasteiger partial charge on any atom is 0.120 e. The van der Waals surface area contributed by atoms with Crippen molar-refractivity contribution in [2.75, 3.05) is 19.6 Å². The highest BCUT2D eigenvalue weighted by atomic mass is 79.9. The van der Waals surface area contributed by atoms with E-state index in [1.165, 1.54) is 6.54 Å². The van der Waals surface area contributed by atoms with Crippen LogP contribution in [0.5, 0.6) is 5.75 Å². The molecule has 2 nitrogen and oxygen atoms in total. The highest BCUT2D eigenvalue weighted by Gasteiger charge is 2.20. The molecule has 1 aliphatic rings. The molecular formula is C15H22BrNO. The predicted molar refractivity (Wildman–Crippen MR) is 79.1 cm³/mol. The van der Waals surface area contributed by atoms with Crippen LogP contribution in [0.15, 0.2) is 28.7 Å². The van der Waals surface area contributed by atoms with Crippen molar-refractivity contribution in [2.24, 2.45) is 5.92 Å². The van der Waals surface area contributed by atoms with Gasteiger partial charge in [-0.2, -0.15) is 0 Å². The first-order chi connectivity index (χ1) is 8.63. The standard InChI is InChI=1S/C15H22BrNO/c1-12(2)11-17-8-6-14(7-9-17)18-15-5-3-4-13(16)10-15/h3-5,10,12,14H,6-9,11H2,1-2H3. The molecule has 0 atom stereocenters. The zero-order valence-electron chi connectivity index (χ0n) is 11.2. The van der Waals surface area contributed by atoms with Crippen molar-refractivity contribution in [3.8, 4) is 5.75 Å². The van der Waals surface area contributed by atoms with Crippen LogP contribution in [0.25, 0.3) is 0 Å². The molecule has 0 radical (unpaired) electrons. The van der Waals surface area contributed by atoms with Crippen LogP contribution in [-0.2, 0) is 0 Å². The Labute approximate surface area is 118 Å². The third-order valence-corrected chi connectivity index (χ3v) is 3.75. The lowest BCUT2D eigenvalue weighted by molar-refractivity contribution is 0.0941. The predicted octanol–water partition coefficient (Wildman–Crippen LogP) is 3.95. The van der Waals surface area contributed by atoms with E-state index in [1.54, 1.807) is 0 Å². The van der Waals surface area contributed by atoms with Crippen LogP contribution >= 0.6 is 15.9 Å². The van der Waals surface area contributed by atoms with Crippen molar-refractivity contribution < 1.29 is 4.74 Å². The van der Waals surface area contributed by atoms with Crippen molar-refractivity contribution in [1.82, 2.24) is 4.90 Å². The minimum absolute atomic E-state index is 0.378. The maximum absolute atomic E-state index is 6.03. The fourth-order valence-corrected chi connectivity index (χ4v) is 2.84. The molecule has 0 bridgehead atoms. The van der Waals surface area contributed by atoms with Gasteiger partial charge in [0.25, 0.3) is 0 Å². The summed E-state index contributed by atoms with van der Waals surface area (Å²) in [4.78, 5) is 2.55. The minimum Gasteiger partial charge on any atom is -0.490 e. The Balaban J connectivity index is 1.80. The molecule has 2 rings (SSSR count). The molecule has 0 spiro atoms. The number of ether oxygens (including phenoxy) is 1. The SMILES string of the molecule is CC(C)CN1CCC(Oc2cccc(Br)c2)CC1. The van der Waals surface area contributed by atoms with Gasteiger partial charge in [-0.25, -0.2) is 0 Å². The highest BCUT2D eigenvalue weighted by molar-refractivity contribution is 9.10. The molecule has 0 unspecified atom stereocenters. The topological polar surface area (TPSA) is 12.5 Å². The molecule has 3 heteroatoms. The number of nitrogens with zero attached hydrogens (tertiary/aromatic N) is 1. The lowest BCUT2D eigenvalue weighted by Gasteiger charge is -2.33. The summed E-state index contributed by atoms with van der Waals surface area (Å²) >= 11 is 3.48. The highest BCUT2D eigenvalue weighted by Crippen LogP contribution is 2.22. The molecule has 1 aromatic carbocycles. The second-order valence-corrected chi connectivity index (χ2v) is 6.38. The Morgan fingerprint density at radius 3 is 2.67 bits per heavy atom. The lowest BCUT2D eigenvalue weighted by Crippen LogP contribution is -2.39. The second kappa shape index (κ2) is 6.58. The summed E-state index contributed by atoms with van der Waals surface area (Å²) in [6.45, 7) is 8.10. The van der Waals surface area contributed by atoms with Gasteiger partial charge >= 0.3 is 0 Å². The van der Waals surface area contributed by atoms with Crippen molar-refractivity contribution in [3.63, 3.8) is 0 Å². The van der Waals surface area contributed by atoms with Crippen LogP contribution in [0, 0.1) is 5.92 Å². The van der Waals surface area contributed by atoms with Crippen LogP contribution in [0.3, 0.4) is 0 Å². The molecule has 1 fully saturated rings. The summed E-state index contributed by atoms with van der Waals surface area (Å²) < 4.78 is 7.11. The fourth-order valence-electron chi connectivity index (χ4n) is 2.46. The van der Waals surface area contributed by atoms with Gasteiger partial charge in [-0.3, -0.25) is 0 Å². The molecule has 1 saturated heterocycles. The Hall–Kier alpha value is -0.540. The summed E-state index contributed by atoms with van der Waals surface area (Å²) in [6, 6.07) is 8.12. The third-order valence-electron chi connectivity index (χ3n) is 3.26. The van der Waals surface area contributed by atoms with Gasteiger partial charge in [0.15, 0.2) is 0 Å². The molecule has 0 saturated carbocycles. The first-order valence-corrected chi connectivity index (χ1v) is 7.57. The van der Waals surface area contributed by atoms with Crippen molar-refractivity contribution >= 4 is 15.9 Å². The summed E-state index contributed by atoms with van der Waals surface area (Å²) in [5, 5.41) is 0. The normalized spacial score (nSPS) is 18.2. The molecule has 0 amide bonds. The van der Waals surface area contributed by atoms with Crippen LogP contribution in [-0.4, -0.2) is 30.6 Å². The summed E-state index contributed by atoms with van der Waals surface area (Å²) in [5.74, 6) is 1.74. The molecule has 0 aliphatic carbocycles. The van der Waals surface area contributed by atoms with E-state index in [0.29, 0.717) is 6.10 Å². The molecule has 100 valence electrons. The van der Waals surface area contributed by atoms with E-state index in [2.05, 4.69) is 34.7 Å². The van der Waals surface area contributed by atoms with Gasteiger partial charge in [-0.1, -0.05) is 35.8 Å². The number of piperidine rings is 1. The monoisotopic (exact) mass is 311 g/mol. The smallest absolute Gasteiger partial charge is 0.120 e. The first kappa shape index (κ1) is 13.9. The van der Waals surface area contributed by atoms with Gasteiger partial charge in [0, 0.05) is 24.1 Å². The van der Waals surface area contributed by atoms with Crippen LogP contribution < -0.4 is 4.74 Å². The van der Waals surface area contributed by atoms with Gasteiger partial charge in [0.1, 0.15) is 11.9 Å². The number of likely N-dealkylation sites (tertiary alicyclic amines) is 1. The Bertz CT molecular complexity index is 373. The number of hydrogen-bond donors (Lipinski definition) is 0. The van der Waals surface area contributed by atoms with Crippen LogP contribution in [0.1, 0.15) is 26.7 Å². The van der Waals surface area contributed by atoms with Gasteiger partial charge in [-0.15, -0.1) is 0 Å². The second-order valence-electron chi connectivity index (χ2n) is 5.47. The Morgan fingerprint density at radius 2 is 2.06 bits per heavy atom. The van der Waals surface area contributed by atoms with Crippen LogP contribution in [0.4, 0.5) is 0 Å². The Kier molecular flexibility index (Phi) is 5.07. The van der Waals surface area contributed by atoms with Crippen molar-refractivity contribution in [1.29, 1.82) is 0 Å². The number of benzene rings is 1. The number of halogens is 1. The number of rotatable bonds is 4. The fraction of sp³-hybridized carbons (Fsp3) is 0.600. The maximum atomic E-state index is 6.03. The molecule has 1 aromatic rings. The minimum atomic E-state index is 0.378. The largest absolute Gasteiger partial charge is 0.490 e. The van der Waals surface area contributed by atoms with E-state index in [-0.39, 0.29) is 0 Å². The zero-order valence-corrected chi connectivity index (χ0v) is 12.8. The van der Waals surface area contributed by atoms with Gasteiger partial charge in [0.2, 0.25) is 0 Å². The number of hydrogen-bond acceptors (Lipinski definition) is 2. The molecule has 1 aliphatic heterocycles. The van der Waals surface area contributed by atoms with E-state index in [0.717, 1.165) is 42.1 Å². The first-order valence-electron chi connectivity index (χ1n) is 6.78. The third kappa shape index (κ3) is 4.29. The van der Waals surface area contributed by atoms with Crippen molar-refractivity contribution in [3.05, 3.63) is 28.7 Å². The van der Waals surface area contributed by atoms with E-state index in [4.69, 9.17) is 4.74 Å². The van der Waals surface area contributed by atoms with E-state index < -0.39 is 0 Å². The van der Waals surface area contributed by atoms with Crippen LogP contribution in [0.2, 0.25) is 0 Å². The van der Waals surface area contributed by atoms with Gasteiger partial charge in [-0.05, 0) is 37.0 Å². The van der Waals surface area contributed by atoms with Crippen molar-refractivity contribution in [2.45, 2.75) is 32.8 Å². The molecule has 18 heavy (non-hydrogen) atoms. The Morgan fingerprint density at radius 1 is 1.33 bits per heavy atom. The summed E-state index contributed by atoms with van der Waals surface area (Å²) in [7, 11) is 0. The molecular weight excluding hydrogens is 290 g/mol. The zero-order chi connectivity index (χ0) is 13.0. The van der Waals surface area contributed by atoms with Gasteiger partial charge in [0.05, 0.1) is 0 Å². The average molecular weight is 312 g/mol. The van der Waals surface area contributed by atoms with Gasteiger partial charge < -0.3 is 9.64 Å². The van der Waals surface area contributed by atoms with E-state index in [9.17, 15) is 0 Å². The van der Waals surface area contributed by atoms with E-state index >= 15 is 0 Å².